The molecule has 0 spiro atoms. The van der Waals surface area contributed by atoms with Crippen LogP contribution in [0.2, 0.25) is 0 Å². The monoisotopic (exact) mass is 246 g/mol. The predicted octanol–water partition coefficient (Wildman–Crippen LogP) is 1.86. The van der Waals surface area contributed by atoms with Crippen molar-refractivity contribution < 1.29 is 4.79 Å². The molecular weight excluding hydrogens is 224 g/mol. The molecule has 0 aliphatic carbocycles. The molecule has 1 atom stereocenters. The summed E-state index contributed by atoms with van der Waals surface area (Å²) in [6.45, 7) is 8.31. The summed E-state index contributed by atoms with van der Waals surface area (Å²) in [4.78, 5) is 14.7. The van der Waals surface area contributed by atoms with E-state index in [1.165, 1.54) is 0 Å². The lowest BCUT2D eigenvalue weighted by Gasteiger charge is -2.32. The molecule has 3 nitrogen and oxygen atoms in total. The molecule has 1 N–H and O–H groups in total. The van der Waals surface area contributed by atoms with Gasteiger partial charge >= 0.3 is 0 Å². The molecule has 0 saturated carbocycles. The Morgan fingerprint density at radius 3 is 2.67 bits per heavy atom. The maximum Gasteiger partial charge on any atom is 0.164 e. The number of piperazine rings is 1. The summed E-state index contributed by atoms with van der Waals surface area (Å²) < 4.78 is 0. The van der Waals surface area contributed by atoms with Crippen LogP contribution in [0.5, 0.6) is 0 Å². The van der Waals surface area contributed by atoms with Crippen molar-refractivity contribution in [3.63, 3.8) is 0 Å². The van der Waals surface area contributed by atoms with Gasteiger partial charge in [0.15, 0.2) is 5.78 Å². The standard InChI is InChI=1S/C15H22N2O/c1-12-5-3-4-6-14(12)15(18)11-13(2)17-9-7-16-8-10-17/h3-6,13,16H,7-11H2,1-2H3. The van der Waals surface area contributed by atoms with Crippen molar-refractivity contribution in [2.45, 2.75) is 26.3 Å². The minimum atomic E-state index is 0.263. The van der Waals surface area contributed by atoms with Gasteiger partial charge in [-0.15, -0.1) is 0 Å². The molecule has 1 saturated heterocycles. The van der Waals surface area contributed by atoms with Crippen LogP contribution in [0.1, 0.15) is 29.3 Å². The van der Waals surface area contributed by atoms with Gasteiger partial charge in [0.2, 0.25) is 0 Å². The van der Waals surface area contributed by atoms with Crippen LogP contribution in [-0.4, -0.2) is 42.9 Å². The highest BCUT2D eigenvalue weighted by Crippen LogP contribution is 2.14. The smallest absolute Gasteiger partial charge is 0.164 e. The lowest BCUT2D eigenvalue weighted by Crippen LogP contribution is -2.48. The largest absolute Gasteiger partial charge is 0.314 e. The summed E-state index contributed by atoms with van der Waals surface area (Å²) in [5.41, 5.74) is 1.95. The molecule has 98 valence electrons. The average molecular weight is 246 g/mol. The summed E-state index contributed by atoms with van der Waals surface area (Å²) in [5, 5.41) is 3.34. The Labute approximate surface area is 109 Å². The van der Waals surface area contributed by atoms with Gasteiger partial charge in [-0.2, -0.15) is 0 Å². The minimum Gasteiger partial charge on any atom is -0.314 e. The van der Waals surface area contributed by atoms with Crippen molar-refractivity contribution in [3.05, 3.63) is 35.4 Å². The van der Waals surface area contributed by atoms with Crippen LogP contribution in [0.15, 0.2) is 24.3 Å². The van der Waals surface area contributed by atoms with Crippen LogP contribution < -0.4 is 5.32 Å². The van der Waals surface area contributed by atoms with Crippen molar-refractivity contribution in [1.82, 2.24) is 10.2 Å². The number of nitrogens with zero attached hydrogens (tertiary/aromatic N) is 1. The summed E-state index contributed by atoms with van der Waals surface area (Å²) in [5.74, 6) is 0.263. The molecule has 0 bridgehead atoms. The summed E-state index contributed by atoms with van der Waals surface area (Å²) in [6.07, 6.45) is 0.616. The fourth-order valence-corrected chi connectivity index (χ4v) is 2.52. The van der Waals surface area contributed by atoms with Crippen LogP contribution >= 0.6 is 0 Å². The van der Waals surface area contributed by atoms with E-state index >= 15 is 0 Å². The minimum absolute atomic E-state index is 0.263. The molecule has 1 aromatic carbocycles. The molecule has 1 heterocycles. The molecule has 3 heteroatoms. The molecule has 1 aliphatic heterocycles. The molecule has 0 radical (unpaired) electrons. The van der Waals surface area contributed by atoms with Gasteiger partial charge in [0, 0.05) is 44.2 Å². The first-order valence-electron chi connectivity index (χ1n) is 6.72. The second-order valence-electron chi connectivity index (χ2n) is 5.08. The summed E-state index contributed by atoms with van der Waals surface area (Å²) in [7, 11) is 0. The number of ketones is 1. The van der Waals surface area contributed by atoms with E-state index in [2.05, 4.69) is 17.1 Å². The Morgan fingerprint density at radius 1 is 1.33 bits per heavy atom. The van der Waals surface area contributed by atoms with E-state index in [1.54, 1.807) is 0 Å². The van der Waals surface area contributed by atoms with E-state index in [4.69, 9.17) is 0 Å². The number of rotatable bonds is 4. The zero-order valence-corrected chi connectivity index (χ0v) is 11.3. The lowest BCUT2D eigenvalue weighted by molar-refractivity contribution is 0.0917. The van der Waals surface area contributed by atoms with Gasteiger partial charge < -0.3 is 5.32 Å². The third-order valence-corrected chi connectivity index (χ3v) is 3.70. The Bertz CT molecular complexity index is 411. The SMILES string of the molecule is Cc1ccccc1C(=O)CC(C)N1CCNCC1. The molecule has 0 aromatic heterocycles. The number of hydrogen-bond acceptors (Lipinski definition) is 3. The van der Waals surface area contributed by atoms with Crippen LogP contribution in [0, 0.1) is 6.92 Å². The number of hydrogen-bond donors (Lipinski definition) is 1. The Balaban J connectivity index is 1.96. The van der Waals surface area contributed by atoms with E-state index in [0.717, 1.165) is 37.3 Å². The van der Waals surface area contributed by atoms with E-state index in [1.807, 2.05) is 31.2 Å². The fraction of sp³-hybridized carbons (Fsp3) is 0.533. The van der Waals surface area contributed by atoms with Gasteiger partial charge in [-0.05, 0) is 19.4 Å². The van der Waals surface area contributed by atoms with Crippen molar-refractivity contribution in [1.29, 1.82) is 0 Å². The van der Waals surface area contributed by atoms with Gasteiger partial charge in [0.1, 0.15) is 0 Å². The third-order valence-electron chi connectivity index (χ3n) is 3.70. The van der Waals surface area contributed by atoms with Crippen LogP contribution in [0.3, 0.4) is 0 Å². The molecule has 0 amide bonds. The Hall–Kier alpha value is -1.19. The number of carbonyl (C=O) groups is 1. The fourth-order valence-electron chi connectivity index (χ4n) is 2.52. The van der Waals surface area contributed by atoms with Gasteiger partial charge in [-0.25, -0.2) is 0 Å². The van der Waals surface area contributed by atoms with E-state index in [9.17, 15) is 4.79 Å². The molecule has 1 aliphatic rings. The van der Waals surface area contributed by atoms with E-state index in [0.29, 0.717) is 12.5 Å². The van der Waals surface area contributed by atoms with Crippen LogP contribution in [0.4, 0.5) is 0 Å². The number of carbonyl (C=O) groups excluding carboxylic acids is 1. The zero-order chi connectivity index (χ0) is 13.0. The molecule has 1 fully saturated rings. The van der Waals surface area contributed by atoms with Gasteiger partial charge in [-0.1, -0.05) is 24.3 Å². The average Bonchev–Trinajstić information content (AvgIpc) is 2.40. The maximum atomic E-state index is 12.3. The number of aryl methyl sites for hydroxylation is 1. The summed E-state index contributed by atoms with van der Waals surface area (Å²) >= 11 is 0. The van der Waals surface area contributed by atoms with Crippen LogP contribution in [0.25, 0.3) is 0 Å². The predicted molar refractivity (Wildman–Crippen MR) is 74.0 cm³/mol. The first-order chi connectivity index (χ1) is 8.68. The van der Waals surface area contributed by atoms with Crippen LogP contribution in [-0.2, 0) is 0 Å². The lowest BCUT2D eigenvalue weighted by atomic mass is 9.99. The number of Topliss-reactive ketones (excluding diaryl/α,β-unsaturated/α-hetero) is 1. The number of benzene rings is 1. The van der Waals surface area contributed by atoms with Gasteiger partial charge in [-0.3, -0.25) is 9.69 Å². The van der Waals surface area contributed by atoms with Gasteiger partial charge in [0.25, 0.3) is 0 Å². The van der Waals surface area contributed by atoms with Gasteiger partial charge in [0.05, 0.1) is 0 Å². The highest BCUT2D eigenvalue weighted by atomic mass is 16.1. The van der Waals surface area contributed by atoms with Crippen molar-refractivity contribution >= 4 is 5.78 Å². The third kappa shape index (κ3) is 3.18. The zero-order valence-electron chi connectivity index (χ0n) is 11.3. The quantitative estimate of drug-likeness (QED) is 0.823. The van der Waals surface area contributed by atoms with Crippen molar-refractivity contribution in [2.24, 2.45) is 0 Å². The van der Waals surface area contributed by atoms with Crippen molar-refractivity contribution in [2.75, 3.05) is 26.2 Å². The second kappa shape index (κ2) is 6.12. The number of nitrogens with one attached hydrogen (secondary N) is 1. The first kappa shape index (κ1) is 13.2. The Kier molecular flexibility index (Phi) is 4.50. The molecule has 1 aromatic rings. The van der Waals surface area contributed by atoms with E-state index < -0.39 is 0 Å². The van der Waals surface area contributed by atoms with Crippen molar-refractivity contribution in [3.8, 4) is 0 Å². The second-order valence-corrected chi connectivity index (χ2v) is 5.08. The molecule has 2 rings (SSSR count). The topological polar surface area (TPSA) is 32.3 Å². The highest BCUT2D eigenvalue weighted by Gasteiger charge is 2.20. The van der Waals surface area contributed by atoms with E-state index in [-0.39, 0.29) is 5.78 Å². The molecular formula is C15H22N2O. The Morgan fingerprint density at radius 2 is 2.00 bits per heavy atom. The highest BCUT2D eigenvalue weighted by molar-refractivity contribution is 5.97. The summed E-state index contributed by atoms with van der Waals surface area (Å²) in [6, 6.07) is 8.19. The molecule has 1 unspecified atom stereocenters. The maximum absolute atomic E-state index is 12.3. The molecule has 18 heavy (non-hydrogen) atoms. The normalized spacial score (nSPS) is 18.6. The first-order valence-corrected chi connectivity index (χ1v) is 6.72.